The second kappa shape index (κ2) is 6.33. The first-order valence-corrected chi connectivity index (χ1v) is 6.45. The van der Waals surface area contributed by atoms with E-state index in [1.165, 1.54) is 0 Å². The summed E-state index contributed by atoms with van der Waals surface area (Å²) in [4.78, 5) is 8.26. The third kappa shape index (κ3) is 3.79. The fraction of sp³-hybridized carbons (Fsp3) is 0.143. The minimum atomic E-state index is 0.337. The van der Waals surface area contributed by atoms with Crippen LogP contribution >= 0.6 is 15.9 Å². The van der Waals surface area contributed by atoms with E-state index in [1.54, 1.807) is 19.6 Å². The van der Waals surface area contributed by atoms with Crippen molar-refractivity contribution in [3.63, 3.8) is 0 Å². The molecule has 4 nitrogen and oxygen atoms in total. The maximum atomic E-state index is 5.62. The van der Waals surface area contributed by atoms with Gasteiger partial charge >= 0.3 is 6.01 Å². The smallest absolute Gasteiger partial charge is 0.322 e. The molecule has 0 aliphatic rings. The summed E-state index contributed by atoms with van der Waals surface area (Å²) in [6, 6.07) is 7.79. The zero-order valence-corrected chi connectivity index (χ0v) is 12.2. The summed E-state index contributed by atoms with van der Waals surface area (Å²) in [5.41, 5.74) is 1.81. The van der Waals surface area contributed by atoms with Crippen LogP contribution in [-0.4, -0.2) is 17.1 Å². The molecule has 2 aromatic rings. The maximum Gasteiger partial charge on any atom is 0.322 e. The van der Waals surface area contributed by atoms with Crippen molar-refractivity contribution in [3.05, 3.63) is 52.5 Å². The second-order valence-corrected chi connectivity index (χ2v) is 4.66. The SMILES string of the molecule is CO/C=C/c1cc(Oc2nccc(C)n2)ccc1Br. The third-order valence-electron chi connectivity index (χ3n) is 2.33. The van der Waals surface area contributed by atoms with Gasteiger partial charge in [0, 0.05) is 16.4 Å². The molecule has 0 bridgehead atoms. The Bertz CT molecular complexity index is 600. The molecular formula is C14H13BrN2O2. The van der Waals surface area contributed by atoms with Gasteiger partial charge in [0.1, 0.15) is 5.75 Å². The molecule has 0 N–H and O–H groups in total. The Morgan fingerprint density at radius 1 is 1.26 bits per heavy atom. The predicted molar refractivity (Wildman–Crippen MR) is 77.0 cm³/mol. The zero-order chi connectivity index (χ0) is 13.7. The fourth-order valence-electron chi connectivity index (χ4n) is 1.43. The first kappa shape index (κ1) is 13.5. The molecule has 0 spiro atoms. The Morgan fingerprint density at radius 2 is 2.11 bits per heavy atom. The van der Waals surface area contributed by atoms with E-state index in [4.69, 9.17) is 9.47 Å². The summed E-state index contributed by atoms with van der Waals surface area (Å²) < 4.78 is 11.5. The highest BCUT2D eigenvalue weighted by molar-refractivity contribution is 9.10. The second-order valence-electron chi connectivity index (χ2n) is 3.80. The molecule has 0 aliphatic carbocycles. The van der Waals surface area contributed by atoms with Gasteiger partial charge < -0.3 is 9.47 Å². The largest absolute Gasteiger partial charge is 0.504 e. The van der Waals surface area contributed by atoms with Gasteiger partial charge in [-0.2, -0.15) is 0 Å². The van der Waals surface area contributed by atoms with E-state index in [-0.39, 0.29) is 0 Å². The summed E-state index contributed by atoms with van der Waals surface area (Å²) in [7, 11) is 1.60. The summed E-state index contributed by atoms with van der Waals surface area (Å²) in [6.07, 6.45) is 5.11. The lowest BCUT2D eigenvalue weighted by Crippen LogP contribution is -1.93. The molecule has 0 saturated carbocycles. The topological polar surface area (TPSA) is 44.2 Å². The molecule has 0 amide bonds. The van der Waals surface area contributed by atoms with Gasteiger partial charge in [0.2, 0.25) is 0 Å². The zero-order valence-electron chi connectivity index (χ0n) is 10.6. The van der Waals surface area contributed by atoms with Crippen LogP contribution < -0.4 is 4.74 Å². The van der Waals surface area contributed by atoms with Crippen LogP contribution in [0.1, 0.15) is 11.3 Å². The average molecular weight is 321 g/mol. The minimum absolute atomic E-state index is 0.337. The first-order valence-electron chi connectivity index (χ1n) is 5.65. The van der Waals surface area contributed by atoms with Gasteiger partial charge in [0.25, 0.3) is 0 Å². The van der Waals surface area contributed by atoms with Crippen molar-refractivity contribution >= 4 is 22.0 Å². The van der Waals surface area contributed by atoms with Gasteiger partial charge in [0.05, 0.1) is 13.4 Å². The number of aromatic nitrogens is 2. The standard InChI is InChI=1S/C14H13BrN2O2/c1-10-5-7-16-14(17-10)19-12-3-4-13(15)11(9-12)6-8-18-2/h3-9H,1-2H3/b8-6+. The normalized spacial score (nSPS) is 10.7. The Hall–Kier alpha value is -1.88. The summed E-state index contributed by atoms with van der Waals surface area (Å²) >= 11 is 3.46. The lowest BCUT2D eigenvalue weighted by Gasteiger charge is -2.06. The molecule has 1 heterocycles. The fourth-order valence-corrected chi connectivity index (χ4v) is 1.81. The van der Waals surface area contributed by atoms with Crippen LogP contribution in [0.3, 0.4) is 0 Å². The molecule has 19 heavy (non-hydrogen) atoms. The Morgan fingerprint density at radius 3 is 2.84 bits per heavy atom. The molecule has 1 aromatic heterocycles. The van der Waals surface area contributed by atoms with Crippen molar-refractivity contribution in [1.82, 2.24) is 9.97 Å². The molecule has 5 heteroatoms. The van der Waals surface area contributed by atoms with Crippen LogP contribution in [0.15, 0.2) is 41.2 Å². The Labute approximate surface area is 120 Å². The quantitative estimate of drug-likeness (QED) is 0.800. The lowest BCUT2D eigenvalue weighted by molar-refractivity contribution is 0.341. The summed E-state index contributed by atoms with van der Waals surface area (Å²) in [6.45, 7) is 1.89. The number of benzene rings is 1. The number of aryl methyl sites for hydroxylation is 1. The van der Waals surface area contributed by atoms with E-state index in [0.29, 0.717) is 11.8 Å². The molecule has 0 aliphatic heterocycles. The molecule has 1 aromatic carbocycles. The molecule has 0 saturated heterocycles. The van der Waals surface area contributed by atoms with Gasteiger partial charge in [-0.1, -0.05) is 15.9 Å². The molecule has 2 rings (SSSR count). The van der Waals surface area contributed by atoms with Crippen molar-refractivity contribution in [2.75, 3.05) is 7.11 Å². The van der Waals surface area contributed by atoms with Crippen molar-refractivity contribution in [1.29, 1.82) is 0 Å². The van der Waals surface area contributed by atoms with Crippen molar-refractivity contribution in [2.24, 2.45) is 0 Å². The average Bonchev–Trinajstić information content (AvgIpc) is 2.39. The predicted octanol–water partition coefficient (Wildman–Crippen LogP) is 3.96. The number of hydrogen-bond donors (Lipinski definition) is 0. The number of rotatable bonds is 4. The number of hydrogen-bond acceptors (Lipinski definition) is 4. The van der Waals surface area contributed by atoms with E-state index in [2.05, 4.69) is 25.9 Å². The van der Waals surface area contributed by atoms with Crippen molar-refractivity contribution in [2.45, 2.75) is 6.92 Å². The van der Waals surface area contributed by atoms with Gasteiger partial charge in [-0.05, 0) is 42.8 Å². The highest BCUT2D eigenvalue weighted by Crippen LogP contribution is 2.26. The summed E-state index contributed by atoms with van der Waals surface area (Å²) in [5, 5.41) is 0. The maximum absolute atomic E-state index is 5.62. The van der Waals surface area contributed by atoms with Crippen LogP contribution in [0.25, 0.3) is 6.08 Å². The van der Waals surface area contributed by atoms with Crippen molar-refractivity contribution < 1.29 is 9.47 Å². The molecule has 0 fully saturated rings. The van der Waals surface area contributed by atoms with E-state index >= 15 is 0 Å². The minimum Gasteiger partial charge on any atom is -0.504 e. The van der Waals surface area contributed by atoms with Gasteiger partial charge in [-0.15, -0.1) is 0 Å². The molecule has 0 atom stereocenters. The van der Waals surface area contributed by atoms with Crippen LogP contribution in [0.5, 0.6) is 11.8 Å². The lowest BCUT2D eigenvalue weighted by atomic mass is 10.2. The van der Waals surface area contributed by atoms with Gasteiger partial charge in [-0.3, -0.25) is 0 Å². The molecule has 98 valence electrons. The van der Waals surface area contributed by atoms with Crippen LogP contribution in [-0.2, 0) is 4.74 Å². The Balaban J connectivity index is 2.23. The number of methoxy groups -OCH3 is 1. The summed E-state index contributed by atoms with van der Waals surface area (Å²) in [5.74, 6) is 0.671. The highest BCUT2D eigenvalue weighted by atomic mass is 79.9. The van der Waals surface area contributed by atoms with Gasteiger partial charge in [-0.25, -0.2) is 9.97 Å². The number of halogens is 1. The Kier molecular flexibility index (Phi) is 4.52. The van der Waals surface area contributed by atoms with E-state index in [0.717, 1.165) is 15.7 Å². The van der Waals surface area contributed by atoms with Crippen LogP contribution in [0.4, 0.5) is 0 Å². The first-order chi connectivity index (χ1) is 9.19. The van der Waals surface area contributed by atoms with E-state index in [1.807, 2.05) is 37.3 Å². The molecular weight excluding hydrogens is 308 g/mol. The monoisotopic (exact) mass is 320 g/mol. The van der Waals surface area contributed by atoms with Crippen LogP contribution in [0, 0.1) is 6.92 Å². The van der Waals surface area contributed by atoms with E-state index < -0.39 is 0 Å². The molecule has 0 unspecified atom stereocenters. The van der Waals surface area contributed by atoms with Gasteiger partial charge in [0.15, 0.2) is 0 Å². The van der Waals surface area contributed by atoms with Crippen molar-refractivity contribution in [3.8, 4) is 11.8 Å². The van der Waals surface area contributed by atoms with E-state index in [9.17, 15) is 0 Å². The third-order valence-corrected chi connectivity index (χ3v) is 3.06. The number of nitrogens with zero attached hydrogens (tertiary/aromatic N) is 2. The molecule has 0 radical (unpaired) electrons. The number of ether oxygens (including phenoxy) is 2. The van der Waals surface area contributed by atoms with Crippen LogP contribution in [0.2, 0.25) is 0 Å². The highest BCUT2D eigenvalue weighted by Gasteiger charge is 2.03.